The second-order valence-corrected chi connectivity index (χ2v) is 8.28. The van der Waals surface area contributed by atoms with Gasteiger partial charge in [0.2, 0.25) is 0 Å². The highest BCUT2D eigenvalue weighted by Crippen LogP contribution is 2.20. The Bertz CT molecular complexity index is 891. The van der Waals surface area contributed by atoms with Gasteiger partial charge < -0.3 is 19.9 Å². The standard InChI is InChI=1S/C24H29N3O3/c1-5-18-6-10-20(11-7-18)25-22(28)19-8-12-21(13-9-19)26-14-16-27(17-15-26)23(29)30-24(2,3)4/h5-13H,1,14-17H2,2-4H3,(H,25,28). The minimum Gasteiger partial charge on any atom is -0.444 e. The van der Waals surface area contributed by atoms with Crippen LogP contribution in [0.2, 0.25) is 0 Å². The van der Waals surface area contributed by atoms with Gasteiger partial charge in [0, 0.05) is 43.1 Å². The van der Waals surface area contributed by atoms with Crippen LogP contribution < -0.4 is 10.2 Å². The summed E-state index contributed by atoms with van der Waals surface area (Å²) in [5.74, 6) is -0.150. The molecule has 0 saturated carbocycles. The Kier molecular flexibility index (Phi) is 6.45. The first-order chi connectivity index (χ1) is 14.2. The zero-order valence-electron chi connectivity index (χ0n) is 17.9. The highest BCUT2D eigenvalue weighted by molar-refractivity contribution is 6.04. The Balaban J connectivity index is 1.55. The summed E-state index contributed by atoms with van der Waals surface area (Å²) >= 11 is 0. The number of rotatable bonds is 4. The molecule has 0 aromatic heterocycles. The molecule has 0 unspecified atom stereocenters. The Labute approximate surface area is 178 Å². The predicted octanol–water partition coefficient (Wildman–Crippen LogP) is 4.64. The van der Waals surface area contributed by atoms with Gasteiger partial charge in [-0.15, -0.1) is 0 Å². The lowest BCUT2D eigenvalue weighted by atomic mass is 10.1. The van der Waals surface area contributed by atoms with Gasteiger partial charge in [0.05, 0.1) is 0 Å². The zero-order chi connectivity index (χ0) is 21.7. The maximum atomic E-state index is 12.5. The van der Waals surface area contributed by atoms with Gasteiger partial charge in [-0.2, -0.15) is 0 Å². The summed E-state index contributed by atoms with van der Waals surface area (Å²) in [5, 5.41) is 2.90. The molecule has 3 rings (SSSR count). The fraction of sp³-hybridized carbons (Fsp3) is 0.333. The number of benzene rings is 2. The normalized spacial score (nSPS) is 14.2. The van der Waals surface area contributed by atoms with Crippen molar-refractivity contribution in [3.05, 3.63) is 66.2 Å². The minimum atomic E-state index is -0.488. The first kappa shape index (κ1) is 21.4. The number of hydrogen-bond acceptors (Lipinski definition) is 4. The second kappa shape index (κ2) is 9.03. The average molecular weight is 408 g/mol. The monoisotopic (exact) mass is 407 g/mol. The van der Waals surface area contributed by atoms with Crippen molar-refractivity contribution >= 4 is 29.5 Å². The number of carbonyl (C=O) groups is 2. The van der Waals surface area contributed by atoms with E-state index in [0.717, 1.165) is 30.0 Å². The van der Waals surface area contributed by atoms with Crippen LogP contribution in [0, 0.1) is 0 Å². The molecule has 6 heteroatoms. The van der Waals surface area contributed by atoms with E-state index in [1.54, 1.807) is 11.0 Å². The molecule has 0 radical (unpaired) electrons. The molecule has 1 saturated heterocycles. The van der Waals surface area contributed by atoms with E-state index in [2.05, 4.69) is 16.8 Å². The Hall–Kier alpha value is -3.28. The molecule has 0 spiro atoms. The van der Waals surface area contributed by atoms with Crippen LogP contribution in [0.1, 0.15) is 36.7 Å². The summed E-state index contributed by atoms with van der Waals surface area (Å²) in [7, 11) is 0. The maximum absolute atomic E-state index is 12.5. The van der Waals surface area contributed by atoms with E-state index in [9.17, 15) is 9.59 Å². The minimum absolute atomic E-state index is 0.150. The molecule has 1 heterocycles. The smallest absolute Gasteiger partial charge is 0.410 e. The van der Waals surface area contributed by atoms with Crippen molar-refractivity contribution in [3.8, 4) is 0 Å². The summed E-state index contributed by atoms with van der Waals surface area (Å²) < 4.78 is 5.44. The quantitative estimate of drug-likeness (QED) is 0.802. The van der Waals surface area contributed by atoms with Crippen molar-refractivity contribution in [2.45, 2.75) is 26.4 Å². The molecule has 1 aliphatic rings. The van der Waals surface area contributed by atoms with Gasteiger partial charge in [0.25, 0.3) is 5.91 Å². The van der Waals surface area contributed by atoms with Crippen molar-refractivity contribution in [1.29, 1.82) is 0 Å². The lowest BCUT2D eigenvalue weighted by Crippen LogP contribution is -2.50. The van der Waals surface area contributed by atoms with E-state index >= 15 is 0 Å². The van der Waals surface area contributed by atoms with E-state index in [1.807, 2.05) is 69.3 Å². The molecule has 6 nitrogen and oxygen atoms in total. The summed E-state index contributed by atoms with van der Waals surface area (Å²) in [6.07, 6.45) is 1.49. The molecule has 2 aromatic rings. The van der Waals surface area contributed by atoms with E-state index < -0.39 is 5.60 Å². The topological polar surface area (TPSA) is 61.9 Å². The summed E-state index contributed by atoms with van der Waals surface area (Å²) in [4.78, 5) is 28.6. The first-order valence-electron chi connectivity index (χ1n) is 10.1. The third-order valence-electron chi connectivity index (χ3n) is 4.83. The SMILES string of the molecule is C=Cc1ccc(NC(=O)c2ccc(N3CCN(C(=O)OC(C)(C)C)CC3)cc2)cc1. The van der Waals surface area contributed by atoms with Gasteiger partial charge in [-0.05, 0) is 62.7 Å². The third kappa shape index (κ3) is 5.63. The molecule has 0 atom stereocenters. The predicted molar refractivity (Wildman–Crippen MR) is 121 cm³/mol. The lowest BCUT2D eigenvalue weighted by Gasteiger charge is -2.36. The molecule has 1 N–H and O–H groups in total. The van der Waals surface area contributed by atoms with E-state index in [4.69, 9.17) is 4.74 Å². The van der Waals surface area contributed by atoms with Crippen LogP contribution in [-0.4, -0.2) is 48.7 Å². The van der Waals surface area contributed by atoms with Gasteiger partial charge >= 0.3 is 6.09 Å². The van der Waals surface area contributed by atoms with Crippen LogP contribution in [-0.2, 0) is 4.74 Å². The molecular formula is C24H29N3O3. The van der Waals surface area contributed by atoms with Gasteiger partial charge in [0.15, 0.2) is 0 Å². The number of anilines is 2. The van der Waals surface area contributed by atoms with Crippen LogP contribution in [0.25, 0.3) is 6.08 Å². The molecule has 1 fully saturated rings. The number of amides is 2. The summed E-state index contributed by atoms with van der Waals surface area (Å²) in [5.41, 5.74) is 2.89. The summed E-state index contributed by atoms with van der Waals surface area (Å²) in [6.45, 7) is 12.0. The van der Waals surface area contributed by atoms with Crippen molar-refractivity contribution in [2.24, 2.45) is 0 Å². The Morgan fingerprint density at radius 3 is 2.10 bits per heavy atom. The summed E-state index contributed by atoms with van der Waals surface area (Å²) in [6, 6.07) is 15.1. The zero-order valence-corrected chi connectivity index (χ0v) is 17.9. The van der Waals surface area contributed by atoms with Crippen LogP contribution in [0.15, 0.2) is 55.1 Å². The highest BCUT2D eigenvalue weighted by Gasteiger charge is 2.26. The van der Waals surface area contributed by atoms with E-state index in [1.165, 1.54) is 0 Å². The lowest BCUT2D eigenvalue weighted by molar-refractivity contribution is 0.0240. The molecule has 0 bridgehead atoms. The number of nitrogens with one attached hydrogen (secondary N) is 1. The number of hydrogen-bond donors (Lipinski definition) is 1. The van der Waals surface area contributed by atoms with Crippen molar-refractivity contribution in [1.82, 2.24) is 4.90 Å². The van der Waals surface area contributed by atoms with Crippen molar-refractivity contribution < 1.29 is 14.3 Å². The van der Waals surface area contributed by atoms with E-state index in [-0.39, 0.29) is 12.0 Å². The van der Waals surface area contributed by atoms with Crippen molar-refractivity contribution in [3.63, 3.8) is 0 Å². The highest BCUT2D eigenvalue weighted by atomic mass is 16.6. The average Bonchev–Trinajstić information content (AvgIpc) is 2.73. The molecule has 0 aliphatic carbocycles. The largest absolute Gasteiger partial charge is 0.444 e. The van der Waals surface area contributed by atoms with Crippen molar-refractivity contribution in [2.75, 3.05) is 36.4 Å². The van der Waals surface area contributed by atoms with Gasteiger partial charge in [0.1, 0.15) is 5.60 Å². The van der Waals surface area contributed by atoms with Crippen LogP contribution >= 0.6 is 0 Å². The third-order valence-corrected chi connectivity index (χ3v) is 4.83. The van der Waals surface area contributed by atoms with Crippen LogP contribution in [0.4, 0.5) is 16.2 Å². The fourth-order valence-electron chi connectivity index (χ4n) is 3.20. The van der Waals surface area contributed by atoms with E-state index in [0.29, 0.717) is 18.7 Å². The van der Waals surface area contributed by atoms with Gasteiger partial charge in [-0.25, -0.2) is 4.79 Å². The number of nitrogens with zero attached hydrogens (tertiary/aromatic N) is 2. The van der Waals surface area contributed by atoms with Gasteiger partial charge in [-0.1, -0.05) is 24.8 Å². The fourth-order valence-corrected chi connectivity index (χ4v) is 3.20. The Morgan fingerprint density at radius 1 is 0.967 bits per heavy atom. The molecule has 2 amide bonds. The molecular weight excluding hydrogens is 378 g/mol. The molecule has 1 aliphatic heterocycles. The number of piperazine rings is 1. The second-order valence-electron chi connectivity index (χ2n) is 8.28. The first-order valence-corrected chi connectivity index (χ1v) is 10.1. The number of carbonyl (C=O) groups excluding carboxylic acids is 2. The molecule has 158 valence electrons. The maximum Gasteiger partial charge on any atom is 0.410 e. The van der Waals surface area contributed by atoms with Crippen LogP contribution in [0.3, 0.4) is 0 Å². The Morgan fingerprint density at radius 2 is 1.57 bits per heavy atom. The molecule has 2 aromatic carbocycles. The van der Waals surface area contributed by atoms with Gasteiger partial charge in [-0.3, -0.25) is 4.79 Å². The molecule has 30 heavy (non-hydrogen) atoms. The van der Waals surface area contributed by atoms with Crippen LogP contribution in [0.5, 0.6) is 0 Å². The number of ether oxygens (including phenoxy) is 1.